The monoisotopic (exact) mass is 487 g/mol. The predicted octanol–water partition coefficient (Wildman–Crippen LogP) is 5.33. The zero-order valence-corrected chi connectivity index (χ0v) is 20.7. The second kappa shape index (κ2) is 9.30. The molecule has 5 rings (SSSR count). The van der Waals surface area contributed by atoms with Gasteiger partial charge in [-0.3, -0.25) is 14.3 Å². The van der Waals surface area contributed by atoms with E-state index in [0.717, 1.165) is 41.8 Å². The predicted molar refractivity (Wildman–Crippen MR) is 140 cm³/mol. The molecule has 0 aromatic heterocycles. The van der Waals surface area contributed by atoms with Crippen LogP contribution in [0.5, 0.6) is 0 Å². The molecule has 0 spiro atoms. The van der Waals surface area contributed by atoms with Crippen LogP contribution in [0.15, 0.2) is 72.8 Å². The average molecular weight is 488 g/mol. The summed E-state index contributed by atoms with van der Waals surface area (Å²) < 4.78 is 14.8. The lowest BCUT2D eigenvalue weighted by atomic mass is 9.73. The minimum Gasteiger partial charge on any atom is -0.378 e. The van der Waals surface area contributed by atoms with Gasteiger partial charge in [-0.1, -0.05) is 44.2 Å². The Morgan fingerprint density at radius 2 is 1.66 bits per heavy atom. The summed E-state index contributed by atoms with van der Waals surface area (Å²) in [7, 11) is -1.31. The van der Waals surface area contributed by atoms with Crippen LogP contribution in [-0.4, -0.2) is 21.3 Å². The Labute approximate surface area is 208 Å². The first-order valence-electron chi connectivity index (χ1n) is 11.9. The Morgan fingerprint density at radius 3 is 2.40 bits per heavy atom. The molecule has 2 aliphatic rings. The number of anilines is 2. The summed E-state index contributed by atoms with van der Waals surface area (Å²) in [5, 5.41) is 6.64. The molecular formula is C28H29N3O3S. The maximum atomic E-state index is 12.8. The van der Waals surface area contributed by atoms with Gasteiger partial charge in [0.2, 0.25) is 0 Å². The van der Waals surface area contributed by atoms with Crippen LogP contribution in [0.1, 0.15) is 71.0 Å². The van der Waals surface area contributed by atoms with Gasteiger partial charge in [0.1, 0.15) is 11.0 Å². The first kappa shape index (κ1) is 23.3. The molecule has 2 amide bonds. The lowest BCUT2D eigenvalue weighted by Crippen LogP contribution is -2.32. The molecule has 1 heterocycles. The van der Waals surface area contributed by atoms with E-state index < -0.39 is 11.0 Å². The van der Waals surface area contributed by atoms with Gasteiger partial charge in [0.15, 0.2) is 0 Å². The van der Waals surface area contributed by atoms with Crippen LogP contribution in [0.3, 0.4) is 0 Å². The van der Waals surface area contributed by atoms with Crippen molar-refractivity contribution in [2.45, 2.75) is 49.8 Å². The zero-order valence-electron chi connectivity index (χ0n) is 19.8. The standard InChI is InChI=1S/C28H29N3O3S/c1-28(2)17-25(18-7-6-8-19(15-18)26(32)29-21-9-4-3-5-10-21)30-24-14-11-20(16-23(24)28)27(33)31-35(34)22-12-13-22/h3-11,14-16,22,25,30H,12-13,17H2,1-2H3,(H,29,32)(H,31,33). The molecule has 2 atom stereocenters. The van der Waals surface area contributed by atoms with Crippen LogP contribution < -0.4 is 15.4 Å². The average Bonchev–Trinajstić information content (AvgIpc) is 3.70. The van der Waals surface area contributed by atoms with Gasteiger partial charge in [-0.25, -0.2) is 4.21 Å². The number of carbonyl (C=O) groups excluding carboxylic acids is 2. The molecule has 6 nitrogen and oxygen atoms in total. The van der Waals surface area contributed by atoms with E-state index in [1.165, 1.54) is 0 Å². The number of fused-ring (bicyclic) bond motifs is 1. The Hall–Kier alpha value is -3.45. The van der Waals surface area contributed by atoms with Crippen molar-refractivity contribution in [3.63, 3.8) is 0 Å². The molecular weight excluding hydrogens is 458 g/mol. The Bertz CT molecular complexity index is 1300. The van der Waals surface area contributed by atoms with Crippen molar-refractivity contribution in [3.8, 4) is 0 Å². The quantitative estimate of drug-likeness (QED) is 0.439. The second-order valence-electron chi connectivity index (χ2n) is 9.92. The van der Waals surface area contributed by atoms with Crippen LogP contribution in [0.4, 0.5) is 11.4 Å². The highest BCUT2D eigenvalue weighted by molar-refractivity contribution is 7.84. The molecule has 35 heavy (non-hydrogen) atoms. The molecule has 0 saturated heterocycles. The SMILES string of the molecule is CC1(C)CC(c2cccc(C(=O)Nc3ccccc3)c2)Nc2ccc(C(=O)NS(=O)C3CC3)cc21. The highest BCUT2D eigenvalue weighted by Crippen LogP contribution is 2.44. The van der Waals surface area contributed by atoms with Crippen LogP contribution in [0.25, 0.3) is 0 Å². The van der Waals surface area contributed by atoms with Gasteiger partial charge in [0.05, 0.1) is 11.3 Å². The fourth-order valence-corrected chi connectivity index (χ4v) is 5.60. The number of nitrogens with one attached hydrogen (secondary N) is 3. The third kappa shape index (κ3) is 5.15. The fraction of sp³-hybridized carbons (Fsp3) is 0.286. The highest BCUT2D eigenvalue weighted by atomic mass is 32.2. The fourth-order valence-electron chi connectivity index (χ4n) is 4.57. The van der Waals surface area contributed by atoms with Gasteiger partial charge in [0, 0.05) is 22.5 Å². The summed E-state index contributed by atoms with van der Waals surface area (Å²) in [6.45, 7) is 4.32. The Balaban J connectivity index is 1.35. The lowest BCUT2D eigenvalue weighted by molar-refractivity contribution is 0.0981. The molecule has 2 unspecified atom stereocenters. The van der Waals surface area contributed by atoms with Gasteiger partial charge in [-0.2, -0.15) is 0 Å². The van der Waals surface area contributed by atoms with E-state index in [1.54, 1.807) is 6.07 Å². The molecule has 3 N–H and O–H groups in total. The first-order valence-corrected chi connectivity index (χ1v) is 13.1. The summed E-state index contributed by atoms with van der Waals surface area (Å²) in [6, 6.07) is 22.7. The molecule has 180 valence electrons. The zero-order chi connectivity index (χ0) is 24.6. The first-order chi connectivity index (χ1) is 16.8. The summed E-state index contributed by atoms with van der Waals surface area (Å²) in [5.74, 6) is -0.444. The third-order valence-corrected chi connectivity index (χ3v) is 8.12. The summed E-state index contributed by atoms with van der Waals surface area (Å²) >= 11 is 0. The molecule has 7 heteroatoms. The minimum atomic E-state index is -1.31. The van der Waals surface area contributed by atoms with E-state index in [1.807, 2.05) is 66.7 Å². The van der Waals surface area contributed by atoms with Crippen LogP contribution in [0, 0.1) is 0 Å². The number of hydrogen-bond acceptors (Lipinski definition) is 4. The molecule has 3 aromatic carbocycles. The smallest absolute Gasteiger partial charge is 0.262 e. The van der Waals surface area contributed by atoms with E-state index >= 15 is 0 Å². The molecule has 0 radical (unpaired) electrons. The number of hydrogen-bond donors (Lipinski definition) is 3. The number of carbonyl (C=O) groups is 2. The van der Waals surface area contributed by atoms with E-state index in [4.69, 9.17) is 0 Å². The van der Waals surface area contributed by atoms with Gasteiger partial charge < -0.3 is 10.6 Å². The number of amides is 2. The largest absolute Gasteiger partial charge is 0.378 e. The van der Waals surface area contributed by atoms with Crippen LogP contribution in [-0.2, 0) is 16.4 Å². The van der Waals surface area contributed by atoms with Crippen molar-refractivity contribution in [1.82, 2.24) is 4.72 Å². The van der Waals surface area contributed by atoms with Crippen molar-refractivity contribution < 1.29 is 13.8 Å². The van der Waals surface area contributed by atoms with Crippen LogP contribution in [0.2, 0.25) is 0 Å². The van der Waals surface area contributed by atoms with Crippen molar-refractivity contribution in [1.29, 1.82) is 0 Å². The van der Waals surface area contributed by atoms with Gasteiger partial charge >= 0.3 is 0 Å². The normalized spacial score (nSPS) is 19.1. The van der Waals surface area contributed by atoms with E-state index in [0.29, 0.717) is 11.1 Å². The molecule has 1 saturated carbocycles. The van der Waals surface area contributed by atoms with Crippen molar-refractivity contribution >= 4 is 34.2 Å². The topological polar surface area (TPSA) is 87.3 Å². The van der Waals surface area contributed by atoms with Crippen molar-refractivity contribution in [2.24, 2.45) is 0 Å². The van der Waals surface area contributed by atoms with Crippen LogP contribution >= 0.6 is 0 Å². The molecule has 1 fully saturated rings. The maximum Gasteiger partial charge on any atom is 0.262 e. The number of para-hydroxylation sites is 1. The van der Waals surface area contributed by atoms with Crippen molar-refractivity contribution in [2.75, 3.05) is 10.6 Å². The minimum absolute atomic E-state index is 0.0176. The molecule has 1 aliphatic carbocycles. The van der Waals surface area contributed by atoms with E-state index in [2.05, 4.69) is 29.2 Å². The van der Waals surface area contributed by atoms with Gasteiger partial charge in [-0.05, 0) is 78.3 Å². The number of rotatable bonds is 6. The summed E-state index contributed by atoms with van der Waals surface area (Å²) in [5.41, 5.74) is 4.72. The Kier molecular flexibility index (Phi) is 6.19. The van der Waals surface area contributed by atoms with E-state index in [-0.39, 0.29) is 28.5 Å². The molecule has 3 aromatic rings. The Morgan fingerprint density at radius 1 is 0.914 bits per heavy atom. The molecule has 0 bridgehead atoms. The third-order valence-electron chi connectivity index (χ3n) is 6.66. The van der Waals surface area contributed by atoms with Gasteiger partial charge in [0.25, 0.3) is 11.8 Å². The second-order valence-corrected chi connectivity index (χ2v) is 11.4. The van der Waals surface area contributed by atoms with Gasteiger partial charge in [-0.15, -0.1) is 0 Å². The lowest BCUT2D eigenvalue weighted by Gasteiger charge is -2.39. The number of benzene rings is 3. The summed E-state index contributed by atoms with van der Waals surface area (Å²) in [6.07, 6.45) is 2.61. The van der Waals surface area contributed by atoms with Crippen molar-refractivity contribution in [3.05, 3.63) is 95.1 Å². The highest BCUT2D eigenvalue weighted by Gasteiger charge is 2.35. The van der Waals surface area contributed by atoms with E-state index in [9.17, 15) is 13.8 Å². The molecule has 1 aliphatic heterocycles. The maximum absolute atomic E-state index is 12.8. The summed E-state index contributed by atoms with van der Waals surface area (Å²) in [4.78, 5) is 25.4.